The fraction of sp³-hybridized carbons (Fsp3) is 0.300. The maximum atomic E-state index is 4.19. The molecule has 0 aromatic heterocycles. The van der Waals surface area contributed by atoms with Crippen LogP contribution >= 0.6 is 0 Å². The van der Waals surface area contributed by atoms with Gasteiger partial charge in [0.1, 0.15) is 0 Å². The van der Waals surface area contributed by atoms with E-state index in [4.69, 9.17) is 0 Å². The van der Waals surface area contributed by atoms with Gasteiger partial charge in [0.15, 0.2) is 0 Å². The lowest BCUT2D eigenvalue weighted by Crippen LogP contribution is -2.11. The van der Waals surface area contributed by atoms with E-state index in [1.165, 1.54) is 22.3 Å². The van der Waals surface area contributed by atoms with Crippen molar-refractivity contribution < 1.29 is 0 Å². The molecule has 0 atom stereocenters. The molecule has 0 heterocycles. The van der Waals surface area contributed by atoms with Gasteiger partial charge in [-0.3, -0.25) is 0 Å². The summed E-state index contributed by atoms with van der Waals surface area (Å²) in [5.74, 6) is 0. The second kappa shape index (κ2) is 5.77. The van der Waals surface area contributed by atoms with Crippen LogP contribution in [0.2, 0.25) is 0 Å². The largest absolute Gasteiger partial charge is 0.378 e. The Morgan fingerprint density at radius 2 is 1.48 bits per heavy atom. The molecule has 0 aliphatic rings. The Balaban J connectivity index is 2.46. The van der Waals surface area contributed by atoms with Crippen molar-refractivity contribution in [2.75, 3.05) is 14.1 Å². The topological polar surface area (TPSA) is 3.24 Å². The fourth-order valence-corrected chi connectivity index (χ4v) is 2.38. The first-order chi connectivity index (χ1) is 9.80. The van der Waals surface area contributed by atoms with E-state index in [1.807, 2.05) is 14.1 Å². The van der Waals surface area contributed by atoms with Crippen LogP contribution in [0.3, 0.4) is 0 Å². The summed E-state index contributed by atoms with van der Waals surface area (Å²) in [6.45, 7) is 10.9. The molecule has 0 saturated heterocycles. The Labute approximate surface area is 128 Å². The van der Waals surface area contributed by atoms with Gasteiger partial charge in [0.05, 0.1) is 0 Å². The SMILES string of the molecule is C=C(c1ccccc1-c1ccc(C(C)(C)C)cc1)N(C)C. The minimum absolute atomic E-state index is 0.186. The van der Waals surface area contributed by atoms with Crippen LogP contribution in [-0.2, 0) is 5.41 Å². The van der Waals surface area contributed by atoms with Crippen molar-refractivity contribution in [2.45, 2.75) is 26.2 Å². The third-order valence-electron chi connectivity index (χ3n) is 3.84. The van der Waals surface area contributed by atoms with Gasteiger partial charge < -0.3 is 4.90 Å². The smallest absolute Gasteiger partial charge is 0.0367 e. The number of nitrogens with zero attached hydrogens (tertiary/aromatic N) is 1. The molecule has 0 fully saturated rings. The lowest BCUT2D eigenvalue weighted by atomic mass is 9.86. The summed E-state index contributed by atoms with van der Waals surface area (Å²) in [7, 11) is 4.06. The number of hydrogen-bond donors (Lipinski definition) is 0. The second-order valence-electron chi connectivity index (χ2n) is 6.71. The molecule has 0 N–H and O–H groups in total. The summed E-state index contributed by atoms with van der Waals surface area (Å²) < 4.78 is 0. The highest BCUT2D eigenvalue weighted by Crippen LogP contribution is 2.31. The molecule has 0 radical (unpaired) electrons. The Kier molecular flexibility index (Phi) is 4.22. The van der Waals surface area contributed by atoms with Gasteiger partial charge in [0.2, 0.25) is 0 Å². The van der Waals surface area contributed by atoms with Crippen molar-refractivity contribution in [3.05, 3.63) is 66.2 Å². The molecule has 0 unspecified atom stereocenters. The Morgan fingerprint density at radius 3 is 2.00 bits per heavy atom. The molecule has 0 saturated carbocycles. The first-order valence-corrected chi connectivity index (χ1v) is 7.37. The first-order valence-electron chi connectivity index (χ1n) is 7.37. The number of benzene rings is 2. The molecule has 0 bridgehead atoms. The Hall–Kier alpha value is -2.02. The molecule has 1 nitrogen and oxygen atoms in total. The number of hydrogen-bond acceptors (Lipinski definition) is 1. The van der Waals surface area contributed by atoms with Gasteiger partial charge in [0.25, 0.3) is 0 Å². The van der Waals surface area contributed by atoms with Gasteiger partial charge in [-0.2, -0.15) is 0 Å². The van der Waals surface area contributed by atoms with Crippen molar-refractivity contribution in [3.8, 4) is 11.1 Å². The molecule has 1 heteroatoms. The number of rotatable bonds is 3. The van der Waals surface area contributed by atoms with Crippen molar-refractivity contribution in [1.29, 1.82) is 0 Å². The van der Waals surface area contributed by atoms with E-state index in [0.717, 1.165) is 5.70 Å². The van der Waals surface area contributed by atoms with E-state index in [2.05, 4.69) is 80.8 Å². The van der Waals surface area contributed by atoms with Gasteiger partial charge in [-0.25, -0.2) is 0 Å². The van der Waals surface area contributed by atoms with Gasteiger partial charge >= 0.3 is 0 Å². The average Bonchev–Trinajstić information content (AvgIpc) is 2.45. The molecule has 2 aromatic rings. The minimum atomic E-state index is 0.186. The molecule has 0 amide bonds. The van der Waals surface area contributed by atoms with E-state index in [-0.39, 0.29) is 5.41 Å². The van der Waals surface area contributed by atoms with Crippen LogP contribution in [0.1, 0.15) is 31.9 Å². The van der Waals surface area contributed by atoms with Crippen molar-refractivity contribution >= 4 is 5.70 Å². The molecular formula is C20H25N. The van der Waals surface area contributed by atoms with Crippen LogP contribution in [0.25, 0.3) is 16.8 Å². The monoisotopic (exact) mass is 279 g/mol. The maximum absolute atomic E-state index is 4.19. The van der Waals surface area contributed by atoms with Crippen LogP contribution in [-0.4, -0.2) is 19.0 Å². The summed E-state index contributed by atoms with van der Waals surface area (Å²) in [5.41, 5.74) is 6.23. The predicted octanol–water partition coefficient (Wildman–Crippen LogP) is 5.18. The van der Waals surface area contributed by atoms with Gasteiger partial charge in [0, 0.05) is 25.4 Å². The molecule has 0 aliphatic carbocycles. The quantitative estimate of drug-likeness (QED) is 0.748. The molecule has 2 aromatic carbocycles. The van der Waals surface area contributed by atoms with Crippen LogP contribution in [0.5, 0.6) is 0 Å². The van der Waals surface area contributed by atoms with Gasteiger partial charge in [-0.05, 0) is 22.1 Å². The van der Waals surface area contributed by atoms with Crippen LogP contribution in [0.15, 0.2) is 55.1 Å². The van der Waals surface area contributed by atoms with Crippen LogP contribution < -0.4 is 0 Å². The molecule has 110 valence electrons. The standard InChI is InChI=1S/C20H25N/c1-15(21(5)6)18-9-7-8-10-19(18)16-11-13-17(14-12-16)20(2,3)4/h7-14H,1H2,2-6H3. The third-order valence-corrected chi connectivity index (χ3v) is 3.84. The summed E-state index contributed by atoms with van der Waals surface area (Å²) in [4.78, 5) is 2.06. The van der Waals surface area contributed by atoms with Crippen LogP contribution in [0, 0.1) is 0 Å². The highest BCUT2D eigenvalue weighted by molar-refractivity contribution is 5.79. The van der Waals surface area contributed by atoms with E-state index in [9.17, 15) is 0 Å². The zero-order chi connectivity index (χ0) is 15.6. The minimum Gasteiger partial charge on any atom is -0.378 e. The van der Waals surface area contributed by atoms with E-state index < -0.39 is 0 Å². The molecule has 0 aliphatic heterocycles. The van der Waals surface area contributed by atoms with Crippen molar-refractivity contribution in [3.63, 3.8) is 0 Å². The van der Waals surface area contributed by atoms with Crippen molar-refractivity contribution in [1.82, 2.24) is 4.90 Å². The first kappa shape index (κ1) is 15.4. The summed E-state index contributed by atoms with van der Waals surface area (Å²) in [6, 6.07) is 17.3. The van der Waals surface area contributed by atoms with Crippen LogP contribution in [0.4, 0.5) is 0 Å². The lowest BCUT2D eigenvalue weighted by molar-refractivity contribution is 0.590. The summed E-state index contributed by atoms with van der Waals surface area (Å²) >= 11 is 0. The van der Waals surface area contributed by atoms with Gasteiger partial charge in [-0.15, -0.1) is 0 Å². The molecule has 21 heavy (non-hydrogen) atoms. The fourth-order valence-electron chi connectivity index (χ4n) is 2.38. The highest BCUT2D eigenvalue weighted by Gasteiger charge is 2.14. The van der Waals surface area contributed by atoms with E-state index in [1.54, 1.807) is 0 Å². The highest BCUT2D eigenvalue weighted by atomic mass is 15.1. The average molecular weight is 279 g/mol. The molecule has 0 spiro atoms. The summed E-state index contributed by atoms with van der Waals surface area (Å²) in [6.07, 6.45) is 0. The Morgan fingerprint density at radius 1 is 0.905 bits per heavy atom. The van der Waals surface area contributed by atoms with E-state index >= 15 is 0 Å². The summed E-state index contributed by atoms with van der Waals surface area (Å²) in [5, 5.41) is 0. The molecule has 2 rings (SSSR count). The van der Waals surface area contributed by atoms with Crippen molar-refractivity contribution in [2.24, 2.45) is 0 Å². The second-order valence-corrected chi connectivity index (χ2v) is 6.71. The predicted molar refractivity (Wildman–Crippen MR) is 93.3 cm³/mol. The normalized spacial score (nSPS) is 11.3. The zero-order valence-corrected chi connectivity index (χ0v) is 13.8. The maximum Gasteiger partial charge on any atom is 0.0367 e. The Bertz CT molecular complexity index is 628. The van der Waals surface area contributed by atoms with E-state index in [0.29, 0.717) is 0 Å². The molecular weight excluding hydrogens is 254 g/mol. The van der Waals surface area contributed by atoms with Gasteiger partial charge in [-0.1, -0.05) is 75.9 Å². The lowest BCUT2D eigenvalue weighted by Gasteiger charge is -2.21. The zero-order valence-electron chi connectivity index (χ0n) is 13.8. The third kappa shape index (κ3) is 3.36.